The lowest BCUT2D eigenvalue weighted by atomic mass is 10.2. The first-order chi connectivity index (χ1) is 14.2. The summed E-state index contributed by atoms with van der Waals surface area (Å²) in [5, 5.41) is 2.22. The van der Waals surface area contributed by atoms with Crippen LogP contribution in [-0.4, -0.2) is 28.8 Å². The summed E-state index contributed by atoms with van der Waals surface area (Å²) in [6, 6.07) is 9.57. The molecule has 1 heterocycles. The van der Waals surface area contributed by atoms with Gasteiger partial charge in [-0.3, -0.25) is 14.6 Å². The molecule has 10 heteroatoms. The predicted octanol–water partition coefficient (Wildman–Crippen LogP) is 4.70. The Labute approximate surface area is 174 Å². The smallest absolute Gasteiger partial charge is 0.335 e. The van der Waals surface area contributed by atoms with Gasteiger partial charge in [-0.25, -0.2) is 9.29 Å². The van der Waals surface area contributed by atoms with Gasteiger partial charge in [0.15, 0.2) is 5.17 Å². The highest BCUT2D eigenvalue weighted by atomic mass is 32.2. The van der Waals surface area contributed by atoms with Crippen molar-refractivity contribution in [2.24, 2.45) is 4.99 Å². The first-order valence-electron chi connectivity index (χ1n) is 8.96. The van der Waals surface area contributed by atoms with Gasteiger partial charge in [0.1, 0.15) is 11.1 Å². The average Bonchev–Trinajstić information content (AvgIpc) is 2.96. The van der Waals surface area contributed by atoms with Gasteiger partial charge in [0.2, 0.25) is 11.8 Å². The topological polar surface area (TPSA) is 61.8 Å². The molecular formula is C20H17F4N3O2S. The molecule has 3 rings (SSSR count). The predicted molar refractivity (Wildman–Crippen MR) is 108 cm³/mol. The molecule has 1 aliphatic rings. The molecule has 0 spiro atoms. The van der Waals surface area contributed by atoms with Crippen LogP contribution < -0.4 is 10.2 Å². The van der Waals surface area contributed by atoms with Crippen molar-refractivity contribution in [2.45, 2.75) is 24.8 Å². The zero-order valence-corrected chi connectivity index (χ0v) is 16.6. The maximum atomic E-state index is 13.1. The van der Waals surface area contributed by atoms with Gasteiger partial charge in [0, 0.05) is 18.7 Å². The summed E-state index contributed by atoms with van der Waals surface area (Å²) >= 11 is 0.970. The Morgan fingerprint density at radius 1 is 1.20 bits per heavy atom. The molecule has 2 aromatic carbocycles. The zero-order chi connectivity index (χ0) is 21.9. The van der Waals surface area contributed by atoms with E-state index in [1.165, 1.54) is 24.3 Å². The van der Waals surface area contributed by atoms with Crippen molar-refractivity contribution in [3.05, 3.63) is 59.9 Å². The SMILES string of the molecule is CCN=C(Nc1cccc(C(F)(F)F)c1)SC1CC(=O)N(c2ccc(F)cc2)C1=O. The molecule has 30 heavy (non-hydrogen) atoms. The minimum Gasteiger partial charge on any atom is -0.335 e. The zero-order valence-electron chi connectivity index (χ0n) is 15.7. The highest BCUT2D eigenvalue weighted by Gasteiger charge is 2.41. The first kappa shape index (κ1) is 21.8. The van der Waals surface area contributed by atoms with Gasteiger partial charge in [-0.05, 0) is 49.4 Å². The Hall–Kier alpha value is -2.88. The van der Waals surface area contributed by atoms with Crippen molar-refractivity contribution in [3.63, 3.8) is 0 Å². The van der Waals surface area contributed by atoms with Crippen LogP contribution in [0.15, 0.2) is 53.5 Å². The lowest BCUT2D eigenvalue weighted by Crippen LogP contribution is -2.31. The second-order valence-electron chi connectivity index (χ2n) is 6.34. The minimum absolute atomic E-state index is 0.103. The Morgan fingerprint density at radius 2 is 1.90 bits per heavy atom. The number of benzene rings is 2. The van der Waals surface area contributed by atoms with Gasteiger partial charge < -0.3 is 5.32 Å². The summed E-state index contributed by atoms with van der Waals surface area (Å²) < 4.78 is 51.9. The molecule has 0 aromatic heterocycles. The average molecular weight is 439 g/mol. The molecule has 1 saturated heterocycles. The summed E-state index contributed by atoms with van der Waals surface area (Å²) in [7, 11) is 0. The third-order valence-electron chi connectivity index (χ3n) is 4.19. The number of hydrogen-bond donors (Lipinski definition) is 1. The van der Waals surface area contributed by atoms with Crippen molar-refractivity contribution >= 4 is 40.1 Å². The molecule has 1 aliphatic heterocycles. The Morgan fingerprint density at radius 3 is 2.53 bits per heavy atom. The molecule has 0 radical (unpaired) electrons. The van der Waals surface area contributed by atoms with Crippen LogP contribution in [0.1, 0.15) is 18.9 Å². The van der Waals surface area contributed by atoms with E-state index >= 15 is 0 Å². The fourth-order valence-corrected chi connectivity index (χ4v) is 3.92. The van der Waals surface area contributed by atoms with Crippen molar-refractivity contribution in [3.8, 4) is 0 Å². The number of amides is 2. The van der Waals surface area contributed by atoms with Crippen LogP contribution in [0.2, 0.25) is 0 Å². The number of nitrogens with one attached hydrogen (secondary N) is 1. The molecule has 2 aromatic rings. The number of carbonyl (C=O) groups excluding carboxylic acids is 2. The summed E-state index contributed by atoms with van der Waals surface area (Å²) in [5.74, 6) is -1.43. The summed E-state index contributed by atoms with van der Waals surface area (Å²) in [5.41, 5.74) is -0.394. The summed E-state index contributed by atoms with van der Waals surface area (Å²) in [6.07, 6.45) is -4.59. The van der Waals surface area contributed by atoms with Gasteiger partial charge in [-0.1, -0.05) is 17.8 Å². The molecule has 1 unspecified atom stereocenters. The van der Waals surface area contributed by atoms with Crippen LogP contribution in [0.3, 0.4) is 0 Å². The number of halogens is 4. The Bertz CT molecular complexity index is 977. The number of alkyl halides is 3. The molecule has 1 N–H and O–H groups in total. The van der Waals surface area contributed by atoms with Crippen molar-refractivity contribution in [2.75, 3.05) is 16.8 Å². The molecule has 158 valence electrons. The number of carbonyl (C=O) groups is 2. The van der Waals surface area contributed by atoms with Crippen LogP contribution in [-0.2, 0) is 15.8 Å². The molecule has 0 saturated carbocycles. The van der Waals surface area contributed by atoms with E-state index in [1.807, 2.05) is 0 Å². The molecular weight excluding hydrogens is 422 g/mol. The third-order valence-corrected chi connectivity index (χ3v) is 5.29. The van der Waals surface area contributed by atoms with Gasteiger partial charge in [-0.15, -0.1) is 0 Å². The lowest BCUT2D eigenvalue weighted by Gasteiger charge is -2.16. The van der Waals surface area contributed by atoms with E-state index in [4.69, 9.17) is 0 Å². The molecule has 5 nitrogen and oxygen atoms in total. The Kier molecular flexibility index (Phi) is 6.45. The lowest BCUT2D eigenvalue weighted by molar-refractivity contribution is -0.137. The molecule has 0 aliphatic carbocycles. The van der Waals surface area contributed by atoms with Crippen molar-refractivity contribution < 1.29 is 27.2 Å². The van der Waals surface area contributed by atoms with E-state index in [0.717, 1.165) is 40.9 Å². The second kappa shape index (κ2) is 8.86. The van der Waals surface area contributed by atoms with E-state index in [1.54, 1.807) is 6.92 Å². The molecule has 1 atom stereocenters. The monoisotopic (exact) mass is 439 g/mol. The van der Waals surface area contributed by atoms with Crippen LogP contribution in [0.25, 0.3) is 0 Å². The highest BCUT2D eigenvalue weighted by molar-refractivity contribution is 8.15. The second-order valence-corrected chi connectivity index (χ2v) is 7.53. The first-order valence-corrected chi connectivity index (χ1v) is 9.84. The standard InChI is InChI=1S/C20H17F4N3O2S/c1-2-25-19(26-14-5-3-4-12(10-14)20(22,23)24)30-16-11-17(28)27(18(16)29)15-8-6-13(21)7-9-15/h3-10,16H,2,11H2,1H3,(H,25,26). The fraction of sp³-hybridized carbons (Fsp3) is 0.250. The number of anilines is 2. The quantitative estimate of drug-likeness (QED) is 0.325. The maximum Gasteiger partial charge on any atom is 0.416 e. The van der Waals surface area contributed by atoms with E-state index in [9.17, 15) is 27.2 Å². The number of nitrogens with zero attached hydrogens (tertiary/aromatic N) is 2. The van der Waals surface area contributed by atoms with Crippen molar-refractivity contribution in [1.29, 1.82) is 0 Å². The van der Waals surface area contributed by atoms with Crippen molar-refractivity contribution in [1.82, 2.24) is 0 Å². The van der Waals surface area contributed by atoms with E-state index in [2.05, 4.69) is 10.3 Å². The van der Waals surface area contributed by atoms with Gasteiger partial charge in [0.25, 0.3) is 0 Å². The largest absolute Gasteiger partial charge is 0.416 e. The summed E-state index contributed by atoms with van der Waals surface area (Å²) in [6.45, 7) is 2.06. The van der Waals surface area contributed by atoms with Crippen LogP contribution >= 0.6 is 11.8 Å². The van der Waals surface area contributed by atoms with Crippen LogP contribution in [0.4, 0.5) is 28.9 Å². The number of imide groups is 1. The van der Waals surface area contributed by atoms with Gasteiger partial charge in [-0.2, -0.15) is 13.2 Å². The Balaban J connectivity index is 1.76. The summed E-state index contributed by atoms with van der Waals surface area (Å²) in [4.78, 5) is 30.3. The number of aliphatic imine (C=N–C) groups is 1. The van der Waals surface area contributed by atoms with Gasteiger partial charge in [0.05, 0.1) is 11.3 Å². The number of rotatable bonds is 4. The van der Waals surface area contributed by atoms with E-state index < -0.39 is 34.6 Å². The third kappa shape index (κ3) is 4.99. The van der Waals surface area contributed by atoms with Crippen LogP contribution in [0, 0.1) is 5.82 Å². The fourth-order valence-electron chi connectivity index (χ4n) is 2.84. The number of hydrogen-bond acceptors (Lipinski definition) is 4. The maximum absolute atomic E-state index is 13.1. The van der Waals surface area contributed by atoms with E-state index in [-0.39, 0.29) is 23.0 Å². The van der Waals surface area contributed by atoms with E-state index in [0.29, 0.717) is 6.54 Å². The molecule has 2 amide bonds. The van der Waals surface area contributed by atoms with Crippen LogP contribution in [0.5, 0.6) is 0 Å². The number of amidine groups is 1. The number of thioether (sulfide) groups is 1. The molecule has 1 fully saturated rings. The van der Waals surface area contributed by atoms with Gasteiger partial charge >= 0.3 is 6.18 Å². The molecule has 0 bridgehead atoms. The minimum atomic E-state index is -4.49. The normalized spacial score (nSPS) is 17.6. The highest BCUT2D eigenvalue weighted by Crippen LogP contribution is 2.33.